The number of carbonyl (C=O) groups is 1. The SMILES string of the molecule is C=CCN(CC1CCCCC1)C(=O)N[C@H]1CCS(=O)(=O)C1. The number of hydrogen-bond donors (Lipinski definition) is 1. The van der Waals surface area contributed by atoms with E-state index in [0.717, 1.165) is 6.54 Å². The summed E-state index contributed by atoms with van der Waals surface area (Å²) in [6.07, 6.45) is 8.40. The van der Waals surface area contributed by atoms with Gasteiger partial charge in [0, 0.05) is 19.1 Å². The van der Waals surface area contributed by atoms with Crippen molar-refractivity contribution in [1.82, 2.24) is 10.2 Å². The molecular formula is C15H26N2O3S. The first-order valence-electron chi connectivity index (χ1n) is 7.87. The molecule has 1 N–H and O–H groups in total. The molecule has 0 aromatic heterocycles. The molecule has 1 saturated carbocycles. The highest BCUT2D eigenvalue weighted by Crippen LogP contribution is 2.24. The van der Waals surface area contributed by atoms with Crippen molar-refractivity contribution in [2.45, 2.75) is 44.6 Å². The molecule has 1 aliphatic carbocycles. The molecule has 0 spiro atoms. The number of nitrogens with one attached hydrogen (secondary N) is 1. The lowest BCUT2D eigenvalue weighted by atomic mass is 9.89. The van der Waals surface area contributed by atoms with E-state index in [4.69, 9.17) is 0 Å². The normalized spacial score (nSPS) is 25.4. The maximum absolute atomic E-state index is 12.3. The molecule has 1 heterocycles. The molecule has 6 heteroatoms. The summed E-state index contributed by atoms with van der Waals surface area (Å²) < 4.78 is 22.9. The second-order valence-electron chi connectivity index (χ2n) is 6.25. The van der Waals surface area contributed by atoms with Gasteiger partial charge in [0.25, 0.3) is 0 Å². The van der Waals surface area contributed by atoms with Crippen LogP contribution in [0.15, 0.2) is 12.7 Å². The van der Waals surface area contributed by atoms with Gasteiger partial charge in [0.1, 0.15) is 0 Å². The van der Waals surface area contributed by atoms with Crippen molar-refractivity contribution in [2.24, 2.45) is 5.92 Å². The van der Waals surface area contributed by atoms with Crippen molar-refractivity contribution >= 4 is 15.9 Å². The van der Waals surface area contributed by atoms with E-state index < -0.39 is 9.84 Å². The number of rotatable bonds is 5. The van der Waals surface area contributed by atoms with Crippen LogP contribution in [0.4, 0.5) is 4.79 Å². The van der Waals surface area contributed by atoms with Crippen molar-refractivity contribution in [1.29, 1.82) is 0 Å². The third-order valence-electron chi connectivity index (χ3n) is 4.40. The number of hydrogen-bond acceptors (Lipinski definition) is 3. The second kappa shape index (κ2) is 7.29. The van der Waals surface area contributed by atoms with Crippen molar-refractivity contribution in [3.63, 3.8) is 0 Å². The van der Waals surface area contributed by atoms with E-state index in [2.05, 4.69) is 11.9 Å². The van der Waals surface area contributed by atoms with Crippen LogP contribution in [0.25, 0.3) is 0 Å². The monoisotopic (exact) mass is 314 g/mol. The van der Waals surface area contributed by atoms with Gasteiger partial charge in [-0.2, -0.15) is 0 Å². The Balaban J connectivity index is 1.87. The van der Waals surface area contributed by atoms with Gasteiger partial charge in [-0.3, -0.25) is 0 Å². The lowest BCUT2D eigenvalue weighted by Gasteiger charge is -2.30. The Kier molecular flexibility index (Phi) is 5.67. The molecule has 2 rings (SSSR count). The smallest absolute Gasteiger partial charge is 0.317 e. The van der Waals surface area contributed by atoms with Crippen molar-refractivity contribution in [3.8, 4) is 0 Å². The zero-order chi connectivity index (χ0) is 15.3. The number of nitrogens with zero attached hydrogens (tertiary/aromatic N) is 1. The highest BCUT2D eigenvalue weighted by Gasteiger charge is 2.30. The minimum Gasteiger partial charge on any atom is -0.334 e. The summed E-state index contributed by atoms with van der Waals surface area (Å²) in [6, 6.07) is -0.385. The molecule has 5 nitrogen and oxygen atoms in total. The maximum atomic E-state index is 12.3. The summed E-state index contributed by atoms with van der Waals surface area (Å²) in [5, 5.41) is 2.87. The summed E-state index contributed by atoms with van der Waals surface area (Å²) in [4.78, 5) is 14.1. The summed E-state index contributed by atoms with van der Waals surface area (Å²) in [5.74, 6) is 0.823. The van der Waals surface area contributed by atoms with Crippen LogP contribution in [0, 0.1) is 5.92 Å². The number of carbonyl (C=O) groups excluding carboxylic acids is 1. The van der Waals surface area contributed by atoms with Gasteiger partial charge in [-0.15, -0.1) is 6.58 Å². The minimum absolute atomic E-state index is 0.0735. The molecule has 1 atom stereocenters. The van der Waals surface area contributed by atoms with Gasteiger partial charge >= 0.3 is 6.03 Å². The van der Waals surface area contributed by atoms with Crippen LogP contribution in [0.5, 0.6) is 0 Å². The number of sulfone groups is 1. The highest BCUT2D eigenvalue weighted by molar-refractivity contribution is 7.91. The fraction of sp³-hybridized carbons (Fsp3) is 0.800. The molecule has 2 aliphatic rings. The summed E-state index contributed by atoms with van der Waals surface area (Å²) in [5.41, 5.74) is 0. The zero-order valence-electron chi connectivity index (χ0n) is 12.6. The average molecular weight is 314 g/mol. The highest BCUT2D eigenvalue weighted by atomic mass is 32.2. The van der Waals surface area contributed by atoms with Crippen LogP contribution >= 0.6 is 0 Å². The molecule has 120 valence electrons. The summed E-state index contributed by atoms with van der Waals surface area (Å²) in [7, 11) is -2.96. The van der Waals surface area contributed by atoms with E-state index >= 15 is 0 Å². The van der Waals surface area contributed by atoms with Crippen LogP contribution in [0.3, 0.4) is 0 Å². The van der Waals surface area contributed by atoms with Gasteiger partial charge in [0.15, 0.2) is 9.84 Å². The van der Waals surface area contributed by atoms with Crippen LogP contribution in [-0.4, -0.2) is 50.0 Å². The molecule has 0 unspecified atom stereocenters. The number of amides is 2. The third-order valence-corrected chi connectivity index (χ3v) is 6.17. The van der Waals surface area contributed by atoms with E-state index in [-0.39, 0.29) is 23.6 Å². The van der Waals surface area contributed by atoms with Gasteiger partial charge in [-0.05, 0) is 25.2 Å². The molecule has 2 amide bonds. The van der Waals surface area contributed by atoms with Crippen molar-refractivity contribution < 1.29 is 13.2 Å². The third kappa shape index (κ3) is 5.02. The Morgan fingerprint density at radius 2 is 1.95 bits per heavy atom. The van der Waals surface area contributed by atoms with E-state index in [1.807, 2.05) is 0 Å². The Hall–Kier alpha value is -1.04. The van der Waals surface area contributed by atoms with Crippen LogP contribution < -0.4 is 5.32 Å². The van der Waals surface area contributed by atoms with E-state index in [1.54, 1.807) is 11.0 Å². The molecular weight excluding hydrogens is 288 g/mol. The van der Waals surface area contributed by atoms with Gasteiger partial charge in [-0.25, -0.2) is 13.2 Å². The Morgan fingerprint density at radius 3 is 2.52 bits per heavy atom. The number of urea groups is 1. The van der Waals surface area contributed by atoms with E-state index in [0.29, 0.717) is 18.9 Å². The Labute approximate surface area is 127 Å². The van der Waals surface area contributed by atoms with Crippen molar-refractivity contribution in [2.75, 3.05) is 24.6 Å². The quantitative estimate of drug-likeness (QED) is 0.789. The Bertz CT molecular complexity index is 469. The molecule has 0 bridgehead atoms. The predicted molar refractivity (Wildman–Crippen MR) is 83.9 cm³/mol. The first-order valence-corrected chi connectivity index (χ1v) is 9.69. The average Bonchev–Trinajstić information content (AvgIpc) is 2.78. The standard InChI is InChI=1S/C15H26N2O3S/c1-2-9-17(11-13-6-4-3-5-7-13)15(18)16-14-8-10-21(19,20)12-14/h2,13-14H,1,3-12H2,(H,16,18)/t14-/m0/s1. The van der Waals surface area contributed by atoms with Crippen molar-refractivity contribution in [3.05, 3.63) is 12.7 Å². The van der Waals surface area contributed by atoms with E-state index in [9.17, 15) is 13.2 Å². The lowest BCUT2D eigenvalue weighted by molar-refractivity contribution is 0.182. The first kappa shape index (κ1) is 16.3. The maximum Gasteiger partial charge on any atom is 0.317 e. The van der Waals surface area contributed by atoms with Gasteiger partial charge in [0.05, 0.1) is 11.5 Å². The molecule has 0 radical (unpaired) electrons. The second-order valence-corrected chi connectivity index (χ2v) is 8.48. The fourth-order valence-electron chi connectivity index (χ4n) is 3.25. The van der Waals surface area contributed by atoms with E-state index in [1.165, 1.54) is 32.1 Å². The molecule has 21 heavy (non-hydrogen) atoms. The van der Waals surface area contributed by atoms with Gasteiger partial charge < -0.3 is 10.2 Å². The van der Waals surface area contributed by atoms with Crippen LogP contribution in [-0.2, 0) is 9.84 Å². The first-order chi connectivity index (χ1) is 10.00. The summed E-state index contributed by atoms with van der Waals surface area (Å²) in [6.45, 7) is 4.98. The predicted octanol–water partition coefficient (Wildman–Crippen LogP) is 1.95. The minimum atomic E-state index is -2.96. The zero-order valence-corrected chi connectivity index (χ0v) is 13.4. The molecule has 0 aromatic carbocycles. The van der Waals surface area contributed by atoms with Crippen LogP contribution in [0.2, 0.25) is 0 Å². The largest absolute Gasteiger partial charge is 0.334 e. The molecule has 0 aromatic rings. The summed E-state index contributed by atoms with van der Waals surface area (Å²) >= 11 is 0. The van der Waals surface area contributed by atoms with Gasteiger partial charge in [0.2, 0.25) is 0 Å². The molecule has 1 aliphatic heterocycles. The topological polar surface area (TPSA) is 66.5 Å². The fourth-order valence-corrected chi connectivity index (χ4v) is 4.93. The molecule has 2 fully saturated rings. The van der Waals surface area contributed by atoms with Crippen LogP contribution in [0.1, 0.15) is 38.5 Å². The van der Waals surface area contributed by atoms with Gasteiger partial charge in [-0.1, -0.05) is 25.3 Å². The lowest BCUT2D eigenvalue weighted by Crippen LogP contribution is -2.47. The molecule has 1 saturated heterocycles. The Morgan fingerprint density at radius 1 is 1.24 bits per heavy atom.